The van der Waals surface area contributed by atoms with Gasteiger partial charge in [0.1, 0.15) is 17.5 Å². The zero-order chi connectivity index (χ0) is 15.8. The number of halogens is 1. The number of carbonyl (C=O) groups is 1. The molecule has 0 saturated heterocycles. The van der Waals surface area contributed by atoms with E-state index < -0.39 is 5.97 Å². The van der Waals surface area contributed by atoms with Gasteiger partial charge in [-0.25, -0.2) is 9.78 Å². The van der Waals surface area contributed by atoms with Gasteiger partial charge in [0, 0.05) is 23.4 Å². The summed E-state index contributed by atoms with van der Waals surface area (Å²) in [4.78, 5) is 15.7. The van der Waals surface area contributed by atoms with Gasteiger partial charge in [-0.3, -0.25) is 0 Å². The second-order valence-corrected chi connectivity index (χ2v) is 4.79. The van der Waals surface area contributed by atoms with Crippen molar-refractivity contribution in [1.82, 2.24) is 4.98 Å². The van der Waals surface area contributed by atoms with Crippen LogP contribution in [-0.2, 0) is 16.1 Å². The molecule has 0 atom stereocenters. The first kappa shape index (κ1) is 16.0. The number of pyridine rings is 1. The minimum absolute atomic E-state index is 0.153. The van der Waals surface area contributed by atoms with Crippen LogP contribution in [0.4, 0.5) is 0 Å². The molecule has 1 heterocycles. The number of para-hydroxylation sites is 1. The molecule has 0 saturated carbocycles. The Balaban J connectivity index is 1.92. The largest absolute Gasteiger partial charge is 0.493 e. The van der Waals surface area contributed by atoms with E-state index in [-0.39, 0.29) is 6.61 Å². The van der Waals surface area contributed by atoms with E-state index in [4.69, 9.17) is 21.1 Å². The lowest BCUT2D eigenvalue weighted by Crippen LogP contribution is -2.01. The predicted octanol–water partition coefficient (Wildman–Crippen LogP) is 3.89. The van der Waals surface area contributed by atoms with E-state index in [1.54, 1.807) is 24.4 Å². The molecular weight excluding hydrogens is 302 g/mol. The second-order valence-electron chi connectivity index (χ2n) is 4.40. The van der Waals surface area contributed by atoms with E-state index >= 15 is 0 Å². The number of nitrogens with zero attached hydrogens (tertiary/aromatic N) is 1. The molecule has 0 spiro atoms. The van der Waals surface area contributed by atoms with E-state index in [0.717, 1.165) is 16.9 Å². The van der Waals surface area contributed by atoms with E-state index in [1.165, 1.54) is 6.08 Å². The Morgan fingerprint density at radius 1 is 1.27 bits per heavy atom. The normalized spacial score (nSPS) is 10.6. The van der Waals surface area contributed by atoms with Crippen molar-refractivity contribution in [3.05, 3.63) is 65.0 Å². The number of hydrogen-bond acceptors (Lipinski definition) is 4. The van der Waals surface area contributed by atoms with Gasteiger partial charge in [-0.1, -0.05) is 35.9 Å². The number of carbonyl (C=O) groups excluding carboxylic acids is 1. The van der Waals surface area contributed by atoms with Crippen LogP contribution >= 0.6 is 11.6 Å². The third-order valence-electron chi connectivity index (χ3n) is 2.79. The number of aromatic nitrogens is 1. The fourth-order valence-electron chi connectivity index (χ4n) is 1.76. The summed E-state index contributed by atoms with van der Waals surface area (Å²) in [5.74, 6) is 0.303. The molecule has 0 aliphatic carbocycles. The quantitative estimate of drug-likeness (QED) is 0.461. The number of benzene rings is 1. The first-order valence-electron chi connectivity index (χ1n) is 6.86. The van der Waals surface area contributed by atoms with E-state index in [9.17, 15) is 4.79 Å². The Morgan fingerprint density at radius 2 is 2.09 bits per heavy atom. The molecule has 22 heavy (non-hydrogen) atoms. The zero-order valence-corrected chi connectivity index (χ0v) is 12.9. The van der Waals surface area contributed by atoms with Crippen LogP contribution in [0.1, 0.15) is 18.1 Å². The van der Waals surface area contributed by atoms with E-state index in [2.05, 4.69) is 4.98 Å². The second kappa shape index (κ2) is 8.20. The lowest BCUT2D eigenvalue weighted by atomic mass is 10.2. The first-order valence-corrected chi connectivity index (χ1v) is 7.24. The highest BCUT2D eigenvalue weighted by Crippen LogP contribution is 2.19. The Morgan fingerprint density at radius 3 is 2.82 bits per heavy atom. The predicted molar refractivity (Wildman–Crippen MR) is 85.7 cm³/mol. The maximum Gasteiger partial charge on any atom is 0.331 e. The highest BCUT2D eigenvalue weighted by Gasteiger charge is 2.02. The van der Waals surface area contributed by atoms with Crippen molar-refractivity contribution in [2.45, 2.75) is 13.5 Å². The summed E-state index contributed by atoms with van der Waals surface area (Å²) in [5.41, 5.74) is 1.61. The maximum absolute atomic E-state index is 11.7. The molecule has 0 radical (unpaired) electrons. The zero-order valence-electron chi connectivity index (χ0n) is 12.2. The Kier molecular flexibility index (Phi) is 5.98. The molecule has 0 aliphatic heterocycles. The number of ether oxygens (including phenoxy) is 2. The van der Waals surface area contributed by atoms with Gasteiger partial charge in [0.25, 0.3) is 0 Å². The summed E-state index contributed by atoms with van der Waals surface area (Å²) in [6.07, 6.45) is 4.62. The van der Waals surface area contributed by atoms with Crippen LogP contribution in [0.5, 0.6) is 5.75 Å². The summed E-state index contributed by atoms with van der Waals surface area (Å²) < 4.78 is 10.6. The number of rotatable bonds is 6. The molecule has 1 aromatic carbocycles. The standard InChI is InChI=1S/C17H16ClNO3/c1-2-21-15-6-4-3-5-14(15)8-10-17(20)22-12-13-7-9-16(18)19-11-13/h3-11H,2,12H2,1H3/b10-8+. The third-order valence-corrected chi connectivity index (χ3v) is 3.01. The molecule has 2 rings (SSSR count). The topological polar surface area (TPSA) is 48.4 Å². The molecule has 0 N–H and O–H groups in total. The van der Waals surface area contributed by atoms with Gasteiger partial charge < -0.3 is 9.47 Å². The van der Waals surface area contributed by atoms with Gasteiger partial charge in [-0.05, 0) is 25.1 Å². The molecule has 114 valence electrons. The van der Waals surface area contributed by atoms with Crippen LogP contribution < -0.4 is 4.74 Å². The summed E-state index contributed by atoms with van der Waals surface area (Å²) in [6, 6.07) is 10.9. The van der Waals surface area contributed by atoms with Crippen molar-refractivity contribution in [3.63, 3.8) is 0 Å². The highest BCUT2D eigenvalue weighted by atomic mass is 35.5. The minimum Gasteiger partial charge on any atom is -0.493 e. The minimum atomic E-state index is -0.429. The lowest BCUT2D eigenvalue weighted by molar-refractivity contribution is -0.138. The Labute approximate surface area is 134 Å². The van der Waals surface area contributed by atoms with Crippen molar-refractivity contribution >= 4 is 23.6 Å². The first-order chi connectivity index (χ1) is 10.7. The van der Waals surface area contributed by atoms with Crippen molar-refractivity contribution < 1.29 is 14.3 Å². The van der Waals surface area contributed by atoms with Gasteiger partial charge >= 0.3 is 5.97 Å². The number of hydrogen-bond donors (Lipinski definition) is 0. The molecule has 0 amide bonds. The van der Waals surface area contributed by atoms with Gasteiger partial charge in [-0.2, -0.15) is 0 Å². The lowest BCUT2D eigenvalue weighted by Gasteiger charge is -2.06. The molecular formula is C17H16ClNO3. The van der Waals surface area contributed by atoms with Crippen LogP contribution in [0.25, 0.3) is 6.08 Å². The van der Waals surface area contributed by atoms with E-state index in [1.807, 2.05) is 31.2 Å². The molecule has 0 fully saturated rings. The summed E-state index contributed by atoms with van der Waals surface area (Å²) >= 11 is 5.69. The van der Waals surface area contributed by atoms with Crippen LogP contribution in [0, 0.1) is 0 Å². The average Bonchev–Trinajstić information content (AvgIpc) is 2.54. The van der Waals surface area contributed by atoms with Crippen LogP contribution in [-0.4, -0.2) is 17.6 Å². The smallest absolute Gasteiger partial charge is 0.331 e. The van der Waals surface area contributed by atoms with E-state index in [0.29, 0.717) is 11.8 Å². The average molecular weight is 318 g/mol. The fourth-order valence-corrected chi connectivity index (χ4v) is 1.87. The van der Waals surface area contributed by atoms with Crippen LogP contribution in [0.3, 0.4) is 0 Å². The third kappa shape index (κ3) is 4.90. The van der Waals surface area contributed by atoms with Crippen LogP contribution in [0.15, 0.2) is 48.7 Å². The highest BCUT2D eigenvalue weighted by molar-refractivity contribution is 6.29. The van der Waals surface area contributed by atoms with Crippen LogP contribution in [0.2, 0.25) is 5.15 Å². The van der Waals surface area contributed by atoms with Gasteiger partial charge in [0.15, 0.2) is 0 Å². The Hall–Kier alpha value is -2.33. The van der Waals surface area contributed by atoms with Gasteiger partial charge in [0.05, 0.1) is 6.61 Å². The maximum atomic E-state index is 11.7. The monoisotopic (exact) mass is 317 g/mol. The molecule has 0 unspecified atom stereocenters. The molecule has 4 nitrogen and oxygen atoms in total. The summed E-state index contributed by atoms with van der Waals surface area (Å²) in [6.45, 7) is 2.63. The molecule has 5 heteroatoms. The molecule has 2 aromatic rings. The molecule has 0 bridgehead atoms. The fraction of sp³-hybridized carbons (Fsp3) is 0.176. The van der Waals surface area contributed by atoms with Crippen molar-refractivity contribution in [3.8, 4) is 5.75 Å². The van der Waals surface area contributed by atoms with Crippen molar-refractivity contribution in [1.29, 1.82) is 0 Å². The number of esters is 1. The van der Waals surface area contributed by atoms with Gasteiger partial charge in [0.2, 0.25) is 0 Å². The molecule has 0 aliphatic rings. The summed E-state index contributed by atoms with van der Waals surface area (Å²) in [5, 5.41) is 0.405. The SMILES string of the molecule is CCOc1ccccc1/C=C/C(=O)OCc1ccc(Cl)nc1. The molecule has 1 aromatic heterocycles. The van der Waals surface area contributed by atoms with Crippen molar-refractivity contribution in [2.24, 2.45) is 0 Å². The Bertz CT molecular complexity index is 653. The van der Waals surface area contributed by atoms with Gasteiger partial charge in [-0.15, -0.1) is 0 Å². The summed E-state index contributed by atoms with van der Waals surface area (Å²) in [7, 11) is 0. The van der Waals surface area contributed by atoms with Crippen molar-refractivity contribution in [2.75, 3.05) is 6.61 Å².